The van der Waals surface area contributed by atoms with Crippen molar-refractivity contribution in [2.24, 2.45) is 0 Å². The van der Waals surface area contributed by atoms with E-state index < -0.39 is 0 Å². The van der Waals surface area contributed by atoms with E-state index in [1.807, 2.05) is 17.8 Å². The summed E-state index contributed by atoms with van der Waals surface area (Å²) in [6.07, 6.45) is 0. The minimum Gasteiger partial charge on any atom is -0.352 e. The van der Waals surface area contributed by atoms with E-state index in [9.17, 15) is 0 Å². The van der Waals surface area contributed by atoms with Crippen LogP contribution in [0.4, 0.5) is 5.82 Å². The van der Waals surface area contributed by atoms with Gasteiger partial charge in [-0.15, -0.1) is 0 Å². The molecule has 0 amide bonds. The minimum absolute atomic E-state index is 0.386. The van der Waals surface area contributed by atoms with Crippen molar-refractivity contribution in [3.8, 4) is 6.07 Å². The number of nitrogens with zero attached hydrogens (tertiary/aromatic N) is 3. The van der Waals surface area contributed by atoms with Gasteiger partial charge in [0.15, 0.2) is 0 Å². The monoisotopic (exact) mass is 267 g/mol. The molecule has 3 nitrogen and oxygen atoms in total. The summed E-state index contributed by atoms with van der Waals surface area (Å²) < 4.78 is 0. The van der Waals surface area contributed by atoms with Gasteiger partial charge in [0.05, 0.1) is 11.6 Å². The maximum Gasteiger partial charge on any atom is 0.132 e. The van der Waals surface area contributed by atoms with Gasteiger partial charge in [-0.2, -0.15) is 17.0 Å². The van der Waals surface area contributed by atoms with Gasteiger partial charge in [0.25, 0.3) is 0 Å². The molecule has 17 heavy (non-hydrogen) atoms. The quantitative estimate of drug-likeness (QED) is 0.734. The van der Waals surface area contributed by atoms with E-state index in [4.69, 9.17) is 16.9 Å². The number of rotatable bonds is 1. The first-order valence-corrected chi connectivity index (χ1v) is 7.00. The van der Waals surface area contributed by atoms with Crippen molar-refractivity contribution in [3.05, 3.63) is 22.8 Å². The van der Waals surface area contributed by atoms with Crippen LogP contribution >= 0.6 is 23.4 Å². The Kier molecular flexibility index (Phi) is 3.80. The molecule has 1 aliphatic rings. The molecule has 0 bridgehead atoms. The molecule has 2 atom stereocenters. The number of aromatic nitrogens is 1. The molecule has 0 saturated carbocycles. The first kappa shape index (κ1) is 12.5. The molecule has 0 aromatic carbocycles. The lowest BCUT2D eigenvalue weighted by atomic mass is 10.2. The van der Waals surface area contributed by atoms with E-state index in [1.165, 1.54) is 0 Å². The molecule has 2 heterocycles. The van der Waals surface area contributed by atoms with Gasteiger partial charge in [0, 0.05) is 23.6 Å². The Balaban J connectivity index is 2.33. The molecule has 2 rings (SSSR count). The molecule has 1 fully saturated rings. The highest BCUT2D eigenvalue weighted by atomic mass is 35.5. The Morgan fingerprint density at radius 1 is 1.53 bits per heavy atom. The predicted octanol–water partition coefficient (Wildman–Crippen LogP) is 2.94. The largest absolute Gasteiger partial charge is 0.352 e. The Bertz CT molecular complexity index is 458. The zero-order valence-electron chi connectivity index (χ0n) is 9.85. The third-order valence-corrected chi connectivity index (χ3v) is 4.62. The fraction of sp³-hybridized carbons (Fsp3) is 0.500. The van der Waals surface area contributed by atoms with E-state index in [1.54, 1.807) is 6.07 Å². The SMILES string of the molecule is CC1SCCN(c2cc(C#N)cc(Cl)n2)C1C. The topological polar surface area (TPSA) is 39.9 Å². The lowest BCUT2D eigenvalue weighted by Crippen LogP contribution is -2.45. The number of halogens is 1. The second kappa shape index (κ2) is 5.16. The van der Waals surface area contributed by atoms with Crippen LogP contribution in [0.3, 0.4) is 0 Å². The molecule has 1 aliphatic heterocycles. The molecule has 1 aromatic rings. The van der Waals surface area contributed by atoms with E-state index in [0.717, 1.165) is 18.1 Å². The molecular formula is C12H14ClN3S. The Morgan fingerprint density at radius 3 is 3.00 bits per heavy atom. The number of hydrogen-bond donors (Lipinski definition) is 0. The predicted molar refractivity (Wildman–Crippen MR) is 72.7 cm³/mol. The van der Waals surface area contributed by atoms with Crippen molar-refractivity contribution in [2.75, 3.05) is 17.2 Å². The first-order valence-electron chi connectivity index (χ1n) is 5.57. The van der Waals surface area contributed by atoms with Gasteiger partial charge in [-0.25, -0.2) is 4.98 Å². The Hall–Kier alpha value is -0.920. The number of thioether (sulfide) groups is 1. The van der Waals surface area contributed by atoms with Crippen LogP contribution in [0.5, 0.6) is 0 Å². The summed E-state index contributed by atoms with van der Waals surface area (Å²) in [5.41, 5.74) is 0.568. The van der Waals surface area contributed by atoms with Crippen LogP contribution in [0.15, 0.2) is 12.1 Å². The van der Waals surface area contributed by atoms with Gasteiger partial charge in [-0.1, -0.05) is 18.5 Å². The van der Waals surface area contributed by atoms with E-state index >= 15 is 0 Å². The number of hydrogen-bond acceptors (Lipinski definition) is 4. The van der Waals surface area contributed by atoms with Crippen LogP contribution in [0.2, 0.25) is 5.15 Å². The van der Waals surface area contributed by atoms with Gasteiger partial charge in [0.1, 0.15) is 11.0 Å². The molecule has 2 unspecified atom stereocenters. The second-order valence-corrected chi connectivity index (χ2v) is 6.03. The van der Waals surface area contributed by atoms with Crippen LogP contribution in [-0.2, 0) is 0 Å². The highest BCUT2D eigenvalue weighted by Crippen LogP contribution is 2.29. The van der Waals surface area contributed by atoms with Crippen molar-refractivity contribution >= 4 is 29.2 Å². The van der Waals surface area contributed by atoms with Crippen LogP contribution in [0.1, 0.15) is 19.4 Å². The second-order valence-electron chi connectivity index (χ2n) is 4.16. The van der Waals surface area contributed by atoms with Crippen LogP contribution in [0.25, 0.3) is 0 Å². The van der Waals surface area contributed by atoms with E-state index in [2.05, 4.69) is 29.8 Å². The van der Waals surface area contributed by atoms with Crippen LogP contribution in [0, 0.1) is 11.3 Å². The fourth-order valence-corrected chi connectivity index (χ4v) is 3.25. The third kappa shape index (κ3) is 2.67. The minimum atomic E-state index is 0.386. The number of anilines is 1. The van der Waals surface area contributed by atoms with Crippen molar-refractivity contribution in [3.63, 3.8) is 0 Å². The summed E-state index contributed by atoms with van der Waals surface area (Å²) in [4.78, 5) is 6.55. The molecule has 0 radical (unpaired) electrons. The third-order valence-electron chi connectivity index (χ3n) is 3.09. The van der Waals surface area contributed by atoms with E-state index in [-0.39, 0.29) is 0 Å². The van der Waals surface area contributed by atoms with Crippen LogP contribution < -0.4 is 4.90 Å². The summed E-state index contributed by atoms with van der Waals surface area (Å²) in [5.74, 6) is 1.90. The lowest BCUT2D eigenvalue weighted by Gasteiger charge is -2.38. The highest BCUT2D eigenvalue weighted by molar-refractivity contribution is 8.00. The summed E-state index contributed by atoms with van der Waals surface area (Å²) in [6, 6.07) is 5.93. The van der Waals surface area contributed by atoms with Crippen LogP contribution in [-0.4, -0.2) is 28.6 Å². The summed E-state index contributed by atoms with van der Waals surface area (Å²) in [5, 5.41) is 9.89. The summed E-state index contributed by atoms with van der Waals surface area (Å²) in [6.45, 7) is 5.36. The van der Waals surface area contributed by atoms with Gasteiger partial charge < -0.3 is 4.90 Å². The zero-order chi connectivity index (χ0) is 12.4. The molecule has 1 saturated heterocycles. The van der Waals surface area contributed by atoms with Crippen molar-refractivity contribution in [1.29, 1.82) is 5.26 Å². The fourth-order valence-electron chi connectivity index (χ4n) is 1.95. The summed E-state index contributed by atoms with van der Waals surface area (Å²) in [7, 11) is 0. The standard InChI is InChI=1S/C12H14ClN3S/c1-8-9(2)17-4-3-16(8)12-6-10(7-14)5-11(13)15-12/h5-6,8-9H,3-4H2,1-2H3. The highest BCUT2D eigenvalue weighted by Gasteiger charge is 2.26. The van der Waals surface area contributed by atoms with Gasteiger partial charge in [-0.05, 0) is 19.1 Å². The zero-order valence-corrected chi connectivity index (χ0v) is 11.4. The average Bonchev–Trinajstić information content (AvgIpc) is 2.31. The maximum atomic E-state index is 8.94. The first-order chi connectivity index (χ1) is 8.11. The van der Waals surface area contributed by atoms with Gasteiger partial charge >= 0.3 is 0 Å². The molecule has 0 N–H and O–H groups in total. The van der Waals surface area contributed by atoms with Crippen molar-refractivity contribution in [1.82, 2.24) is 4.98 Å². The van der Waals surface area contributed by atoms with Gasteiger partial charge in [0.2, 0.25) is 0 Å². The number of pyridine rings is 1. The molecular weight excluding hydrogens is 254 g/mol. The summed E-state index contributed by atoms with van der Waals surface area (Å²) >= 11 is 7.91. The average molecular weight is 268 g/mol. The lowest BCUT2D eigenvalue weighted by molar-refractivity contribution is 0.620. The molecule has 1 aromatic heterocycles. The molecule has 0 spiro atoms. The van der Waals surface area contributed by atoms with E-state index in [0.29, 0.717) is 22.0 Å². The number of nitriles is 1. The maximum absolute atomic E-state index is 8.94. The van der Waals surface area contributed by atoms with Crippen molar-refractivity contribution < 1.29 is 0 Å². The van der Waals surface area contributed by atoms with Crippen molar-refractivity contribution in [2.45, 2.75) is 25.1 Å². The molecule has 5 heteroatoms. The Morgan fingerprint density at radius 2 is 2.29 bits per heavy atom. The smallest absolute Gasteiger partial charge is 0.132 e. The normalized spacial score (nSPS) is 24.5. The molecule has 0 aliphatic carbocycles. The van der Waals surface area contributed by atoms with Gasteiger partial charge in [-0.3, -0.25) is 0 Å². The molecule has 90 valence electrons. The Labute approximate surface area is 111 Å².